The molecule has 0 bridgehead atoms. The Bertz CT molecular complexity index is 975. The van der Waals surface area contributed by atoms with Crippen molar-refractivity contribution in [3.8, 4) is 0 Å². The van der Waals surface area contributed by atoms with Crippen LogP contribution in [0.5, 0.6) is 0 Å². The van der Waals surface area contributed by atoms with Crippen LogP contribution < -0.4 is 16.4 Å². The molecule has 1 aliphatic heterocycles. The van der Waals surface area contributed by atoms with Gasteiger partial charge in [-0.05, 0) is 43.7 Å². The van der Waals surface area contributed by atoms with Gasteiger partial charge in [0.05, 0.1) is 13.1 Å². The number of hydrogen-bond donors (Lipinski definition) is 4. The van der Waals surface area contributed by atoms with Crippen LogP contribution in [0.15, 0.2) is 41.8 Å². The number of thiophene rings is 1. The SMILES string of the molecule is N=C(N)c1csc(CNC(=O)C2CCCN2C(=O)CNC(=O)CCCCc2ccccc2)c1. The van der Waals surface area contributed by atoms with Gasteiger partial charge in [0.25, 0.3) is 0 Å². The van der Waals surface area contributed by atoms with Crippen molar-refractivity contribution in [2.24, 2.45) is 5.73 Å². The third-order valence-corrected chi connectivity index (χ3v) is 6.61. The van der Waals surface area contributed by atoms with E-state index in [9.17, 15) is 14.4 Å². The molecule has 1 unspecified atom stereocenters. The van der Waals surface area contributed by atoms with Crippen LogP contribution in [0.25, 0.3) is 0 Å². The summed E-state index contributed by atoms with van der Waals surface area (Å²) >= 11 is 1.42. The van der Waals surface area contributed by atoms with Crippen LogP contribution in [0, 0.1) is 5.41 Å². The molecule has 0 spiro atoms. The number of benzene rings is 1. The molecule has 1 aromatic carbocycles. The van der Waals surface area contributed by atoms with Crippen molar-refractivity contribution in [2.75, 3.05) is 13.1 Å². The molecular weight excluding hydrogens is 438 g/mol. The maximum atomic E-state index is 12.6. The first-order chi connectivity index (χ1) is 15.9. The number of nitrogens with zero attached hydrogens (tertiary/aromatic N) is 1. The van der Waals surface area contributed by atoms with Gasteiger partial charge in [-0.15, -0.1) is 11.3 Å². The van der Waals surface area contributed by atoms with E-state index < -0.39 is 6.04 Å². The highest BCUT2D eigenvalue weighted by molar-refractivity contribution is 7.10. The molecule has 1 aromatic heterocycles. The minimum Gasteiger partial charge on any atom is -0.384 e. The summed E-state index contributed by atoms with van der Waals surface area (Å²) in [7, 11) is 0. The second kappa shape index (κ2) is 12.2. The van der Waals surface area contributed by atoms with Crippen LogP contribution in [0.1, 0.15) is 48.1 Å². The lowest BCUT2D eigenvalue weighted by atomic mass is 10.1. The Kier molecular flexibility index (Phi) is 9.00. The summed E-state index contributed by atoms with van der Waals surface area (Å²) in [4.78, 5) is 39.8. The van der Waals surface area contributed by atoms with Crippen LogP contribution in [-0.2, 0) is 27.3 Å². The molecule has 1 aliphatic rings. The molecule has 1 saturated heterocycles. The summed E-state index contributed by atoms with van der Waals surface area (Å²) in [6, 6.07) is 11.4. The number of amides is 3. The van der Waals surface area contributed by atoms with Crippen LogP contribution in [0.4, 0.5) is 0 Å². The minimum absolute atomic E-state index is 0.00497. The number of rotatable bonds is 11. The standard InChI is InChI=1S/C24H31N5O3S/c25-23(26)18-13-19(33-16-18)14-28-24(32)20-10-6-12-29(20)22(31)15-27-21(30)11-5-4-9-17-7-2-1-3-8-17/h1-3,7-8,13,16,20H,4-6,9-12,14-15H2,(H3,25,26)(H,27,30)(H,28,32). The lowest BCUT2D eigenvalue weighted by Crippen LogP contribution is -2.48. The maximum absolute atomic E-state index is 12.6. The number of carbonyl (C=O) groups excluding carboxylic acids is 3. The summed E-state index contributed by atoms with van der Waals surface area (Å²) in [5, 5.41) is 14.8. The number of carbonyl (C=O) groups is 3. The van der Waals surface area contributed by atoms with Crippen molar-refractivity contribution in [3.05, 3.63) is 57.8 Å². The van der Waals surface area contributed by atoms with E-state index in [-0.39, 0.29) is 30.1 Å². The van der Waals surface area contributed by atoms with Gasteiger partial charge in [0, 0.05) is 28.8 Å². The lowest BCUT2D eigenvalue weighted by Gasteiger charge is -2.24. The monoisotopic (exact) mass is 469 g/mol. The van der Waals surface area contributed by atoms with E-state index in [0.29, 0.717) is 31.5 Å². The summed E-state index contributed by atoms with van der Waals surface area (Å²) < 4.78 is 0. The van der Waals surface area contributed by atoms with Crippen molar-refractivity contribution in [2.45, 2.75) is 51.1 Å². The first-order valence-corrected chi connectivity index (χ1v) is 12.1. The predicted octanol–water partition coefficient (Wildman–Crippen LogP) is 2.17. The molecule has 0 aliphatic carbocycles. The van der Waals surface area contributed by atoms with E-state index in [1.807, 2.05) is 18.2 Å². The third kappa shape index (κ3) is 7.42. The number of amidine groups is 1. The van der Waals surface area contributed by atoms with Crippen molar-refractivity contribution in [1.29, 1.82) is 5.41 Å². The molecule has 5 N–H and O–H groups in total. The highest BCUT2D eigenvalue weighted by atomic mass is 32.1. The number of aryl methyl sites for hydroxylation is 1. The number of nitrogen functional groups attached to an aromatic ring is 1. The molecule has 33 heavy (non-hydrogen) atoms. The third-order valence-electron chi connectivity index (χ3n) is 5.68. The zero-order chi connectivity index (χ0) is 23.6. The number of unbranched alkanes of at least 4 members (excludes halogenated alkanes) is 1. The molecule has 1 atom stereocenters. The van der Waals surface area contributed by atoms with E-state index in [1.54, 1.807) is 16.3 Å². The average molecular weight is 470 g/mol. The van der Waals surface area contributed by atoms with E-state index in [2.05, 4.69) is 22.8 Å². The van der Waals surface area contributed by atoms with E-state index in [0.717, 1.165) is 30.6 Å². The molecule has 0 radical (unpaired) electrons. The van der Waals surface area contributed by atoms with E-state index >= 15 is 0 Å². The Labute approximate surface area is 198 Å². The quantitative estimate of drug-likeness (QED) is 0.228. The summed E-state index contributed by atoms with van der Waals surface area (Å²) in [6.45, 7) is 0.751. The normalized spacial score (nSPS) is 15.3. The van der Waals surface area contributed by atoms with E-state index in [4.69, 9.17) is 11.1 Å². The molecule has 3 rings (SSSR count). The summed E-state index contributed by atoms with van der Waals surface area (Å²) in [6.07, 6.45) is 4.35. The molecular formula is C24H31N5O3S. The fourth-order valence-corrected chi connectivity index (χ4v) is 4.69. The molecule has 9 heteroatoms. The second-order valence-electron chi connectivity index (χ2n) is 8.15. The average Bonchev–Trinajstić information content (AvgIpc) is 3.49. The Morgan fingerprint density at radius 1 is 1.15 bits per heavy atom. The van der Waals surface area contributed by atoms with Gasteiger partial charge in [0.1, 0.15) is 11.9 Å². The molecule has 2 aromatic rings. The molecule has 3 amide bonds. The van der Waals surface area contributed by atoms with Crippen molar-refractivity contribution in [3.63, 3.8) is 0 Å². The number of likely N-dealkylation sites (tertiary alicyclic amines) is 1. The van der Waals surface area contributed by atoms with Crippen LogP contribution >= 0.6 is 11.3 Å². The fourth-order valence-electron chi connectivity index (χ4n) is 3.87. The predicted molar refractivity (Wildman–Crippen MR) is 129 cm³/mol. The Morgan fingerprint density at radius 2 is 1.94 bits per heavy atom. The van der Waals surface area contributed by atoms with Gasteiger partial charge in [0.15, 0.2) is 0 Å². The summed E-state index contributed by atoms with van der Waals surface area (Å²) in [5.41, 5.74) is 7.36. The molecule has 176 valence electrons. The second-order valence-corrected chi connectivity index (χ2v) is 9.14. The fraction of sp³-hybridized carbons (Fsp3) is 0.417. The zero-order valence-electron chi connectivity index (χ0n) is 18.6. The maximum Gasteiger partial charge on any atom is 0.243 e. The Morgan fingerprint density at radius 3 is 2.67 bits per heavy atom. The smallest absolute Gasteiger partial charge is 0.243 e. The lowest BCUT2D eigenvalue weighted by molar-refractivity contribution is -0.138. The number of nitrogens with one attached hydrogen (secondary N) is 3. The van der Waals surface area contributed by atoms with Gasteiger partial charge >= 0.3 is 0 Å². The highest BCUT2D eigenvalue weighted by Crippen LogP contribution is 2.19. The van der Waals surface area contributed by atoms with Gasteiger partial charge in [-0.3, -0.25) is 19.8 Å². The largest absolute Gasteiger partial charge is 0.384 e. The molecule has 1 fully saturated rings. The van der Waals surface area contributed by atoms with Crippen LogP contribution in [0.2, 0.25) is 0 Å². The number of hydrogen-bond acceptors (Lipinski definition) is 5. The van der Waals surface area contributed by atoms with Crippen molar-refractivity contribution in [1.82, 2.24) is 15.5 Å². The first-order valence-electron chi connectivity index (χ1n) is 11.2. The van der Waals surface area contributed by atoms with E-state index in [1.165, 1.54) is 16.9 Å². The minimum atomic E-state index is -0.521. The zero-order valence-corrected chi connectivity index (χ0v) is 19.5. The van der Waals surface area contributed by atoms with Crippen LogP contribution in [-0.4, -0.2) is 47.6 Å². The van der Waals surface area contributed by atoms with Gasteiger partial charge in [0.2, 0.25) is 17.7 Å². The van der Waals surface area contributed by atoms with Gasteiger partial charge in [-0.25, -0.2) is 0 Å². The van der Waals surface area contributed by atoms with Crippen molar-refractivity contribution >= 4 is 34.9 Å². The molecule has 8 nitrogen and oxygen atoms in total. The topological polar surface area (TPSA) is 128 Å². The number of nitrogens with two attached hydrogens (primary N) is 1. The van der Waals surface area contributed by atoms with Crippen LogP contribution in [0.3, 0.4) is 0 Å². The Hall–Kier alpha value is -3.20. The first kappa shape index (κ1) is 24.4. The Balaban J connectivity index is 1.37. The molecule has 0 saturated carbocycles. The summed E-state index contributed by atoms with van der Waals surface area (Å²) in [5.74, 6) is -0.587. The highest BCUT2D eigenvalue weighted by Gasteiger charge is 2.33. The van der Waals surface area contributed by atoms with Gasteiger partial charge in [-0.1, -0.05) is 30.3 Å². The van der Waals surface area contributed by atoms with Gasteiger partial charge in [-0.2, -0.15) is 0 Å². The molecule has 2 heterocycles. The van der Waals surface area contributed by atoms with Gasteiger partial charge < -0.3 is 21.3 Å². The van der Waals surface area contributed by atoms with Crippen molar-refractivity contribution < 1.29 is 14.4 Å².